The molecule has 2 unspecified atom stereocenters. The van der Waals surface area contributed by atoms with Crippen LogP contribution in [0.4, 0.5) is 0 Å². The molecule has 0 saturated heterocycles. The van der Waals surface area contributed by atoms with Gasteiger partial charge in [0.25, 0.3) is 0 Å². The van der Waals surface area contributed by atoms with E-state index in [4.69, 9.17) is 9.47 Å². The topological polar surface area (TPSA) is 87.9 Å². The summed E-state index contributed by atoms with van der Waals surface area (Å²) in [5.74, 6) is -0.330. The highest BCUT2D eigenvalue weighted by molar-refractivity contribution is 5.75. The summed E-state index contributed by atoms with van der Waals surface area (Å²) in [5.41, 5.74) is 0.514. The van der Waals surface area contributed by atoms with E-state index >= 15 is 0 Å². The number of benzene rings is 1. The zero-order valence-corrected chi connectivity index (χ0v) is 11.6. The maximum absolute atomic E-state index is 11.6. The number of hydrogen-bond donors (Lipinski definition) is 0. The van der Waals surface area contributed by atoms with Crippen LogP contribution < -0.4 is 4.74 Å². The van der Waals surface area contributed by atoms with Gasteiger partial charge < -0.3 is 14.2 Å². The molecule has 0 amide bonds. The molecule has 0 radical (unpaired) electrons. The lowest BCUT2D eigenvalue weighted by molar-refractivity contribution is -0.524. The molecule has 7 nitrogen and oxygen atoms in total. The van der Waals surface area contributed by atoms with Gasteiger partial charge in [-0.25, -0.2) is 4.79 Å². The first-order valence-electron chi connectivity index (χ1n) is 6.02. The molecule has 0 spiro atoms. The zero-order chi connectivity index (χ0) is 15.1. The van der Waals surface area contributed by atoms with Crippen molar-refractivity contribution in [1.29, 1.82) is 0 Å². The molecule has 0 aromatic heterocycles. The smallest absolute Gasteiger partial charge is 0.384 e. The van der Waals surface area contributed by atoms with Gasteiger partial charge in [0.15, 0.2) is 6.10 Å². The Bertz CT molecular complexity index is 458. The van der Waals surface area contributed by atoms with Crippen molar-refractivity contribution in [3.63, 3.8) is 0 Å². The Morgan fingerprint density at radius 1 is 1.30 bits per heavy atom. The Morgan fingerprint density at radius 3 is 2.30 bits per heavy atom. The monoisotopic (exact) mass is 283 g/mol. The van der Waals surface area contributed by atoms with E-state index in [2.05, 4.69) is 4.74 Å². The molecule has 7 heteroatoms. The van der Waals surface area contributed by atoms with Crippen molar-refractivity contribution >= 4 is 5.97 Å². The van der Waals surface area contributed by atoms with E-state index in [1.807, 2.05) is 0 Å². The van der Waals surface area contributed by atoms with Crippen molar-refractivity contribution < 1.29 is 23.9 Å². The third-order valence-electron chi connectivity index (χ3n) is 2.75. The second-order valence-electron chi connectivity index (χ2n) is 3.90. The van der Waals surface area contributed by atoms with Gasteiger partial charge in [0.05, 0.1) is 14.2 Å². The number of carbonyl (C=O) groups excluding carboxylic acids is 1. The third kappa shape index (κ3) is 3.67. The van der Waals surface area contributed by atoms with Gasteiger partial charge in [-0.15, -0.1) is 0 Å². The van der Waals surface area contributed by atoms with Crippen molar-refractivity contribution in [2.45, 2.75) is 19.1 Å². The Morgan fingerprint density at radius 2 is 1.90 bits per heavy atom. The number of methoxy groups -OCH3 is 2. The summed E-state index contributed by atoms with van der Waals surface area (Å²) in [4.78, 5) is 22.0. The van der Waals surface area contributed by atoms with Gasteiger partial charge in [0, 0.05) is 11.5 Å². The molecule has 0 saturated carbocycles. The van der Waals surface area contributed by atoms with Crippen LogP contribution in [0.25, 0.3) is 0 Å². The minimum atomic E-state index is -1.60. The van der Waals surface area contributed by atoms with Gasteiger partial charge in [0.1, 0.15) is 5.75 Å². The van der Waals surface area contributed by atoms with Gasteiger partial charge in [-0.1, -0.05) is 12.1 Å². The normalized spacial score (nSPS) is 13.3. The highest BCUT2D eigenvalue weighted by Crippen LogP contribution is 2.26. The van der Waals surface area contributed by atoms with Crippen LogP contribution in [0, 0.1) is 10.1 Å². The summed E-state index contributed by atoms with van der Waals surface area (Å²) in [6.45, 7) is 1.93. The fourth-order valence-electron chi connectivity index (χ4n) is 1.78. The summed E-state index contributed by atoms with van der Waals surface area (Å²) in [5, 5.41) is 11.1. The van der Waals surface area contributed by atoms with Crippen molar-refractivity contribution in [2.24, 2.45) is 0 Å². The van der Waals surface area contributed by atoms with E-state index in [-0.39, 0.29) is 6.61 Å². The lowest BCUT2D eigenvalue weighted by atomic mass is 10.0. The maximum atomic E-state index is 11.6. The fraction of sp³-hybridized carbons (Fsp3) is 0.462. The molecular weight excluding hydrogens is 266 g/mol. The minimum absolute atomic E-state index is 0.234. The Hall–Kier alpha value is -2.15. The molecule has 0 N–H and O–H groups in total. The van der Waals surface area contributed by atoms with Crippen LogP contribution in [-0.4, -0.2) is 37.8 Å². The number of rotatable bonds is 7. The molecule has 0 aliphatic rings. The van der Waals surface area contributed by atoms with Gasteiger partial charge in [-0.05, 0) is 24.6 Å². The maximum Gasteiger partial charge on any atom is 0.384 e. The number of ether oxygens (including phenoxy) is 3. The van der Waals surface area contributed by atoms with Crippen LogP contribution in [0.15, 0.2) is 24.3 Å². The van der Waals surface area contributed by atoms with E-state index in [0.717, 1.165) is 7.11 Å². The van der Waals surface area contributed by atoms with E-state index in [1.54, 1.807) is 31.2 Å². The standard InChI is InChI=1S/C13H17NO6/c1-4-20-12(11(14(16)17)13(15)19-3)9-5-7-10(18-2)8-6-9/h5-8,11-12H,4H2,1-3H3. The van der Waals surface area contributed by atoms with Crippen LogP contribution in [0.5, 0.6) is 5.75 Å². The van der Waals surface area contributed by atoms with Crippen LogP contribution in [0.1, 0.15) is 18.6 Å². The van der Waals surface area contributed by atoms with E-state index in [9.17, 15) is 14.9 Å². The second-order valence-corrected chi connectivity index (χ2v) is 3.90. The SMILES string of the molecule is CCOC(c1ccc(OC)cc1)C(C(=O)OC)[N+](=O)[O-]. The van der Waals surface area contributed by atoms with Crippen LogP contribution in [0.2, 0.25) is 0 Å². The molecule has 2 atom stereocenters. The van der Waals surface area contributed by atoms with Gasteiger partial charge in [0.2, 0.25) is 0 Å². The Labute approximate surface area is 116 Å². The third-order valence-corrected chi connectivity index (χ3v) is 2.75. The Kier molecular flexibility index (Phi) is 5.92. The lowest BCUT2D eigenvalue weighted by Crippen LogP contribution is -2.38. The number of carbonyl (C=O) groups is 1. The molecule has 1 rings (SSSR count). The summed E-state index contributed by atoms with van der Waals surface area (Å²) in [6.07, 6.45) is -1.01. The van der Waals surface area contributed by atoms with Crippen molar-refractivity contribution in [1.82, 2.24) is 0 Å². The summed E-state index contributed by atoms with van der Waals surface area (Å²) in [6, 6.07) is 4.94. The predicted molar refractivity (Wildman–Crippen MR) is 70.2 cm³/mol. The van der Waals surface area contributed by atoms with Crippen LogP contribution in [-0.2, 0) is 14.3 Å². The average molecular weight is 283 g/mol. The summed E-state index contributed by atoms with van der Waals surface area (Å²) < 4.78 is 14.9. The molecule has 0 aliphatic carbocycles. The first-order chi connectivity index (χ1) is 9.54. The molecule has 1 aromatic carbocycles. The lowest BCUT2D eigenvalue weighted by Gasteiger charge is -2.19. The van der Waals surface area contributed by atoms with Crippen LogP contribution >= 0.6 is 0 Å². The number of nitrogens with zero attached hydrogens (tertiary/aromatic N) is 1. The molecule has 0 aliphatic heterocycles. The van der Waals surface area contributed by atoms with Gasteiger partial charge >= 0.3 is 12.0 Å². The van der Waals surface area contributed by atoms with Gasteiger partial charge in [-0.2, -0.15) is 0 Å². The number of hydrogen-bond acceptors (Lipinski definition) is 6. The fourth-order valence-corrected chi connectivity index (χ4v) is 1.78. The minimum Gasteiger partial charge on any atom is -0.497 e. The highest BCUT2D eigenvalue weighted by atomic mass is 16.6. The quantitative estimate of drug-likeness (QED) is 0.429. The molecule has 1 aromatic rings. The molecule has 0 bridgehead atoms. The summed E-state index contributed by atoms with van der Waals surface area (Å²) >= 11 is 0. The first kappa shape index (κ1) is 15.9. The largest absolute Gasteiger partial charge is 0.497 e. The molecular formula is C13H17NO6. The predicted octanol–water partition coefficient (Wildman–Crippen LogP) is 1.59. The molecule has 0 heterocycles. The number of esters is 1. The number of nitro groups is 1. The molecule has 0 fully saturated rings. The highest BCUT2D eigenvalue weighted by Gasteiger charge is 2.41. The van der Waals surface area contributed by atoms with Crippen molar-refractivity contribution in [3.8, 4) is 5.75 Å². The van der Waals surface area contributed by atoms with E-state index < -0.39 is 23.0 Å². The zero-order valence-electron chi connectivity index (χ0n) is 11.6. The van der Waals surface area contributed by atoms with E-state index in [0.29, 0.717) is 11.3 Å². The van der Waals surface area contributed by atoms with Gasteiger partial charge in [-0.3, -0.25) is 10.1 Å². The summed E-state index contributed by atoms with van der Waals surface area (Å²) in [7, 11) is 2.62. The molecule has 110 valence electrons. The first-order valence-corrected chi connectivity index (χ1v) is 6.02. The average Bonchev–Trinajstić information content (AvgIpc) is 2.46. The van der Waals surface area contributed by atoms with Crippen LogP contribution in [0.3, 0.4) is 0 Å². The van der Waals surface area contributed by atoms with Crippen molar-refractivity contribution in [3.05, 3.63) is 39.9 Å². The Balaban J connectivity index is 3.12. The molecule has 20 heavy (non-hydrogen) atoms. The van der Waals surface area contributed by atoms with Crippen molar-refractivity contribution in [2.75, 3.05) is 20.8 Å². The van der Waals surface area contributed by atoms with E-state index in [1.165, 1.54) is 7.11 Å². The second kappa shape index (κ2) is 7.44.